The van der Waals surface area contributed by atoms with E-state index in [1.165, 1.54) is 0 Å². The summed E-state index contributed by atoms with van der Waals surface area (Å²) in [6.07, 6.45) is 3.63. The maximum atomic E-state index is 12.8. The van der Waals surface area contributed by atoms with E-state index in [9.17, 15) is 4.79 Å². The van der Waals surface area contributed by atoms with Crippen LogP contribution in [0, 0.1) is 0 Å². The number of hydrogen-bond acceptors (Lipinski definition) is 4. The van der Waals surface area contributed by atoms with Crippen molar-refractivity contribution in [3.05, 3.63) is 17.7 Å². The van der Waals surface area contributed by atoms with Gasteiger partial charge in [0, 0.05) is 25.6 Å². The number of hydrogen-bond donors (Lipinski definition) is 1. The fourth-order valence-electron chi connectivity index (χ4n) is 2.16. The van der Waals surface area contributed by atoms with Crippen molar-refractivity contribution in [2.75, 3.05) is 25.0 Å². The van der Waals surface area contributed by atoms with Crippen LogP contribution in [0.4, 0.5) is 5.69 Å². The lowest BCUT2D eigenvalue weighted by atomic mass is 10.2. The smallest absolute Gasteiger partial charge is 0.274 e. The van der Waals surface area contributed by atoms with Crippen LogP contribution in [0.25, 0.3) is 0 Å². The molecule has 0 saturated heterocycles. The molecule has 0 bridgehead atoms. The standard InChI is InChI=1S/C16H28N4O/c1-6-9-20(10-7-2)16(21)14-13(17-8-3)11-18-15(19-14)12(4)5/h11-12,17H,6-10H2,1-5H3. The van der Waals surface area contributed by atoms with Gasteiger partial charge in [0.05, 0.1) is 11.9 Å². The predicted molar refractivity (Wildman–Crippen MR) is 86.8 cm³/mol. The molecule has 0 aliphatic heterocycles. The number of rotatable bonds is 8. The van der Waals surface area contributed by atoms with Crippen molar-refractivity contribution in [1.29, 1.82) is 0 Å². The fourth-order valence-corrected chi connectivity index (χ4v) is 2.16. The van der Waals surface area contributed by atoms with Crippen LogP contribution in [0.15, 0.2) is 6.20 Å². The molecule has 1 amide bonds. The third kappa shape index (κ3) is 4.69. The molecule has 1 aromatic rings. The van der Waals surface area contributed by atoms with Crippen LogP contribution >= 0.6 is 0 Å². The summed E-state index contributed by atoms with van der Waals surface area (Å²) in [7, 11) is 0. The van der Waals surface area contributed by atoms with Gasteiger partial charge in [-0.3, -0.25) is 4.79 Å². The first kappa shape index (κ1) is 17.4. The van der Waals surface area contributed by atoms with E-state index in [1.807, 2.05) is 25.7 Å². The van der Waals surface area contributed by atoms with Gasteiger partial charge in [0.1, 0.15) is 5.82 Å². The first-order chi connectivity index (χ1) is 10.0. The molecule has 0 radical (unpaired) electrons. The van der Waals surface area contributed by atoms with E-state index in [-0.39, 0.29) is 11.8 Å². The zero-order valence-corrected chi connectivity index (χ0v) is 13.9. The minimum atomic E-state index is -0.000972. The quantitative estimate of drug-likeness (QED) is 0.798. The Bertz CT molecular complexity index is 454. The van der Waals surface area contributed by atoms with E-state index in [2.05, 4.69) is 29.1 Å². The molecule has 1 rings (SSSR count). The molecule has 0 aliphatic rings. The molecule has 1 aromatic heterocycles. The molecule has 118 valence electrons. The average Bonchev–Trinajstić information content (AvgIpc) is 2.47. The summed E-state index contributed by atoms with van der Waals surface area (Å²) >= 11 is 0. The maximum absolute atomic E-state index is 12.8. The van der Waals surface area contributed by atoms with Gasteiger partial charge in [0.2, 0.25) is 0 Å². The van der Waals surface area contributed by atoms with Gasteiger partial charge in [0.25, 0.3) is 5.91 Å². The predicted octanol–water partition coefficient (Wildman–Crippen LogP) is 3.29. The average molecular weight is 292 g/mol. The summed E-state index contributed by atoms with van der Waals surface area (Å²) in [5.74, 6) is 0.921. The van der Waals surface area contributed by atoms with E-state index in [0.717, 1.165) is 38.2 Å². The molecule has 0 unspecified atom stereocenters. The molecule has 1 heterocycles. The molecule has 0 fully saturated rings. The molecule has 0 aromatic carbocycles. The Morgan fingerprint density at radius 3 is 2.33 bits per heavy atom. The molecule has 0 atom stereocenters. The lowest BCUT2D eigenvalue weighted by Gasteiger charge is -2.22. The van der Waals surface area contributed by atoms with Crippen LogP contribution in [0.1, 0.15) is 69.7 Å². The second kappa shape index (κ2) is 8.60. The number of anilines is 1. The molecule has 0 saturated carbocycles. The van der Waals surface area contributed by atoms with Crippen LogP contribution in [0.3, 0.4) is 0 Å². The number of carbonyl (C=O) groups is 1. The van der Waals surface area contributed by atoms with Gasteiger partial charge >= 0.3 is 0 Å². The summed E-state index contributed by atoms with van der Waals surface area (Å²) in [6, 6.07) is 0. The van der Waals surface area contributed by atoms with Gasteiger partial charge in [-0.2, -0.15) is 0 Å². The van der Waals surface area contributed by atoms with Crippen LogP contribution in [0.2, 0.25) is 0 Å². The van der Waals surface area contributed by atoms with E-state index in [0.29, 0.717) is 11.5 Å². The normalized spacial score (nSPS) is 10.8. The number of nitrogens with zero attached hydrogens (tertiary/aromatic N) is 3. The van der Waals surface area contributed by atoms with Gasteiger partial charge in [-0.15, -0.1) is 0 Å². The minimum absolute atomic E-state index is 0.000972. The van der Waals surface area contributed by atoms with Crippen LogP contribution < -0.4 is 5.32 Å². The second-order valence-electron chi connectivity index (χ2n) is 5.47. The van der Waals surface area contributed by atoms with Crippen molar-refractivity contribution in [3.8, 4) is 0 Å². The van der Waals surface area contributed by atoms with E-state index in [1.54, 1.807) is 6.20 Å². The zero-order chi connectivity index (χ0) is 15.8. The SMILES string of the molecule is CCCN(CCC)C(=O)c1nc(C(C)C)ncc1NCC. The number of amides is 1. The van der Waals surface area contributed by atoms with Gasteiger partial charge in [0.15, 0.2) is 5.69 Å². The Hall–Kier alpha value is -1.65. The largest absolute Gasteiger partial charge is 0.382 e. The molecule has 1 N–H and O–H groups in total. The summed E-state index contributed by atoms with van der Waals surface area (Å²) < 4.78 is 0. The number of carbonyl (C=O) groups excluding carboxylic acids is 1. The summed E-state index contributed by atoms with van der Waals surface area (Å²) in [4.78, 5) is 23.5. The highest BCUT2D eigenvalue weighted by Gasteiger charge is 2.21. The third-order valence-electron chi connectivity index (χ3n) is 3.17. The Kier molecular flexibility index (Phi) is 7.12. The minimum Gasteiger partial charge on any atom is -0.382 e. The topological polar surface area (TPSA) is 58.1 Å². The van der Waals surface area contributed by atoms with Crippen LogP contribution in [0.5, 0.6) is 0 Å². The Morgan fingerprint density at radius 1 is 1.24 bits per heavy atom. The first-order valence-corrected chi connectivity index (χ1v) is 7.95. The molecular weight excluding hydrogens is 264 g/mol. The zero-order valence-electron chi connectivity index (χ0n) is 13.9. The number of nitrogens with one attached hydrogen (secondary N) is 1. The molecule has 21 heavy (non-hydrogen) atoms. The lowest BCUT2D eigenvalue weighted by molar-refractivity contribution is 0.0750. The molecule has 5 heteroatoms. The van der Waals surface area contributed by atoms with Crippen molar-refractivity contribution in [3.63, 3.8) is 0 Å². The van der Waals surface area contributed by atoms with E-state index < -0.39 is 0 Å². The Labute approximate surface area is 128 Å². The summed E-state index contributed by atoms with van der Waals surface area (Å²) in [6.45, 7) is 12.5. The Balaban J connectivity index is 3.15. The highest BCUT2D eigenvalue weighted by Crippen LogP contribution is 2.18. The van der Waals surface area contributed by atoms with Crippen LogP contribution in [-0.4, -0.2) is 40.4 Å². The molecule has 5 nitrogen and oxygen atoms in total. The summed E-state index contributed by atoms with van der Waals surface area (Å²) in [5, 5.41) is 3.19. The highest BCUT2D eigenvalue weighted by molar-refractivity contribution is 5.97. The second-order valence-corrected chi connectivity index (χ2v) is 5.47. The van der Waals surface area contributed by atoms with Crippen molar-refractivity contribution < 1.29 is 4.79 Å². The lowest BCUT2D eigenvalue weighted by Crippen LogP contribution is -2.34. The van der Waals surface area contributed by atoms with E-state index in [4.69, 9.17) is 0 Å². The monoisotopic (exact) mass is 292 g/mol. The Morgan fingerprint density at radius 2 is 1.86 bits per heavy atom. The maximum Gasteiger partial charge on any atom is 0.274 e. The number of aromatic nitrogens is 2. The summed E-state index contributed by atoms with van der Waals surface area (Å²) in [5.41, 5.74) is 1.22. The fraction of sp³-hybridized carbons (Fsp3) is 0.688. The van der Waals surface area contributed by atoms with Gasteiger partial charge in [-0.05, 0) is 19.8 Å². The van der Waals surface area contributed by atoms with Crippen LogP contribution in [-0.2, 0) is 0 Å². The molecule has 0 aliphatic carbocycles. The van der Waals surface area contributed by atoms with Gasteiger partial charge in [-0.25, -0.2) is 9.97 Å². The van der Waals surface area contributed by atoms with E-state index >= 15 is 0 Å². The van der Waals surface area contributed by atoms with Crippen molar-refractivity contribution in [2.45, 2.75) is 53.4 Å². The third-order valence-corrected chi connectivity index (χ3v) is 3.17. The van der Waals surface area contributed by atoms with Crippen molar-refractivity contribution in [1.82, 2.24) is 14.9 Å². The van der Waals surface area contributed by atoms with Crippen molar-refractivity contribution in [2.24, 2.45) is 0 Å². The first-order valence-electron chi connectivity index (χ1n) is 7.95. The van der Waals surface area contributed by atoms with Crippen molar-refractivity contribution >= 4 is 11.6 Å². The molecular formula is C16H28N4O. The van der Waals surface area contributed by atoms with Gasteiger partial charge in [-0.1, -0.05) is 27.7 Å². The highest BCUT2D eigenvalue weighted by atomic mass is 16.2. The van der Waals surface area contributed by atoms with Gasteiger partial charge < -0.3 is 10.2 Å². The molecule has 0 spiro atoms.